The van der Waals surface area contributed by atoms with Gasteiger partial charge in [0.2, 0.25) is 0 Å². The average molecular weight is 265 g/mol. The third-order valence-corrected chi connectivity index (χ3v) is 3.49. The van der Waals surface area contributed by atoms with Crippen LogP contribution >= 0.6 is 0 Å². The maximum absolute atomic E-state index is 5.49. The Balaban J connectivity index is 2.24. The Morgan fingerprint density at radius 2 is 2.05 bits per heavy atom. The molecule has 6 heteroatoms. The molecule has 1 saturated heterocycles. The number of nitrogen functional groups attached to an aromatic ring is 1. The summed E-state index contributed by atoms with van der Waals surface area (Å²) in [7, 11) is 2.07. The summed E-state index contributed by atoms with van der Waals surface area (Å²) in [5, 5.41) is 0. The summed E-state index contributed by atoms with van der Waals surface area (Å²) in [4.78, 5) is 11.2. The van der Waals surface area contributed by atoms with Crippen LogP contribution in [0.3, 0.4) is 0 Å². The van der Waals surface area contributed by atoms with E-state index in [1.165, 1.54) is 0 Å². The van der Waals surface area contributed by atoms with E-state index >= 15 is 0 Å². The predicted molar refractivity (Wildman–Crippen MR) is 76.2 cm³/mol. The van der Waals surface area contributed by atoms with Crippen LogP contribution in [0.4, 0.5) is 11.6 Å². The number of aromatic nitrogens is 2. The summed E-state index contributed by atoms with van der Waals surface area (Å²) in [6.07, 6.45) is 2.06. The summed E-state index contributed by atoms with van der Waals surface area (Å²) in [6, 6.07) is 2.36. The van der Waals surface area contributed by atoms with Crippen molar-refractivity contribution in [2.45, 2.75) is 38.6 Å². The minimum absolute atomic E-state index is 0.273. The zero-order valence-corrected chi connectivity index (χ0v) is 11.9. The van der Waals surface area contributed by atoms with E-state index in [1.54, 1.807) is 0 Å². The normalized spacial score (nSPS) is 16.7. The molecule has 1 aromatic heterocycles. The molecule has 1 aromatic rings. The highest BCUT2D eigenvalue weighted by Crippen LogP contribution is 2.23. The Bertz CT molecular complexity index is 417. The van der Waals surface area contributed by atoms with Crippen molar-refractivity contribution in [1.82, 2.24) is 9.97 Å². The van der Waals surface area contributed by atoms with Crippen LogP contribution in [0.2, 0.25) is 0 Å². The molecule has 2 rings (SSSR count). The van der Waals surface area contributed by atoms with Gasteiger partial charge >= 0.3 is 0 Å². The number of hydrazine groups is 1. The molecule has 1 aliphatic rings. The van der Waals surface area contributed by atoms with Crippen molar-refractivity contribution in [3.05, 3.63) is 11.9 Å². The second kappa shape index (κ2) is 6.16. The maximum atomic E-state index is 5.49. The van der Waals surface area contributed by atoms with Crippen LogP contribution in [0.25, 0.3) is 0 Å². The first-order chi connectivity index (χ1) is 9.11. The molecule has 1 aliphatic heterocycles. The highest BCUT2D eigenvalue weighted by atomic mass is 16.5. The smallest absolute Gasteiger partial charge is 0.145 e. The number of nitrogens with zero attached hydrogens (tertiary/aromatic N) is 3. The minimum atomic E-state index is 0.273. The van der Waals surface area contributed by atoms with Crippen LogP contribution in [-0.2, 0) is 4.74 Å². The topological polar surface area (TPSA) is 76.3 Å². The fraction of sp³-hybridized carbons (Fsp3) is 0.692. The molecule has 6 nitrogen and oxygen atoms in total. The fourth-order valence-corrected chi connectivity index (χ4v) is 2.22. The largest absolute Gasteiger partial charge is 0.381 e. The molecule has 0 spiro atoms. The van der Waals surface area contributed by atoms with Crippen molar-refractivity contribution in [2.75, 3.05) is 30.6 Å². The predicted octanol–water partition coefficient (Wildman–Crippen LogP) is 1.50. The highest BCUT2D eigenvalue weighted by Gasteiger charge is 2.21. The lowest BCUT2D eigenvalue weighted by molar-refractivity contribution is 0.0853. The van der Waals surface area contributed by atoms with Gasteiger partial charge in [0.05, 0.1) is 0 Å². The van der Waals surface area contributed by atoms with E-state index in [4.69, 9.17) is 10.6 Å². The van der Waals surface area contributed by atoms with Crippen LogP contribution in [0, 0.1) is 0 Å². The zero-order chi connectivity index (χ0) is 13.8. The Labute approximate surface area is 114 Å². The highest BCUT2D eigenvalue weighted by molar-refractivity contribution is 5.49. The molecule has 1 fully saturated rings. The first-order valence-corrected chi connectivity index (χ1v) is 6.78. The van der Waals surface area contributed by atoms with Gasteiger partial charge in [-0.2, -0.15) is 0 Å². The molecule has 19 heavy (non-hydrogen) atoms. The van der Waals surface area contributed by atoms with E-state index < -0.39 is 0 Å². The van der Waals surface area contributed by atoms with Gasteiger partial charge in [0.1, 0.15) is 17.5 Å². The van der Waals surface area contributed by atoms with E-state index in [1.807, 2.05) is 6.07 Å². The van der Waals surface area contributed by atoms with Gasteiger partial charge in [-0.25, -0.2) is 15.8 Å². The van der Waals surface area contributed by atoms with Gasteiger partial charge in [0.25, 0.3) is 0 Å². The number of hydrogen-bond acceptors (Lipinski definition) is 6. The quantitative estimate of drug-likeness (QED) is 0.634. The van der Waals surface area contributed by atoms with E-state index in [0.717, 1.165) is 37.7 Å². The second-order valence-corrected chi connectivity index (χ2v) is 5.22. The van der Waals surface area contributed by atoms with E-state index in [9.17, 15) is 0 Å². The number of nitrogens with two attached hydrogens (primary N) is 1. The number of rotatable bonds is 4. The number of nitrogens with one attached hydrogen (secondary N) is 1. The Hall–Kier alpha value is -1.40. The monoisotopic (exact) mass is 265 g/mol. The molecule has 0 aliphatic carbocycles. The molecule has 0 amide bonds. The van der Waals surface area contributed by atoms with Gasteiger partial charge in [-0.1, -0.05) is 13.8 Å². The van der Waals surface area contributed by atoms with Crippen molar-refractivity contribution in [1.29, 1.82) is 0 Å². The summed E-state index contributed by atoms with van der Waals surface area (Å²) in [5.74, 6) is 8.15. The summed E-state index contributed by atoms with van der Waals surface area (Å²) < 4.78 is 5.40. The molecule has 0 atom stereocenters. The van der Waals surface area contributed by atoms with Crippen LogP contribution in [0.1, 0.15) is 38.4 Å². The molecule has 0 bridgehead atoms. The summed E-state index contributed by atoms with van der Waals surface area (Å²) in [5.41, 5.74) is 2.62. The van der Waals surface area contributed by atoms with E-state index in [0.29, 0.717) is 11.9 Å². The second-order valence-electron chi connectivity index (χ2n) is 5.22. The number of hydrogen-bond donors (Lipinski definition) is 2. The van der Waals surface area contributed by atoms with Gasteiger partial charge in [-0.05, 0) is 12.8 Å². The lowest BCUT2D eigenvalue weighted by atomic mass is 10.1. The van der Waals surface area contributed by atoms with Crippen molar-refractivity contribution in [2.24, 2.45) is 5.84 Å². The van der Waals surface area contributed by atoms with Crippen LogP contribution in [0.15, 0.2) is 6.07 Å². The van der Waals surface area contributed by atoms with Crippen molar-refractivity contribution >= 4 is 11.6 Å². The van der Waals surface area contributed by atoms with Gasteiger partial charge < -0.3 is 15.1 Å². The molecule has 0 radical (unpaired) electrons. The SMILES string of the molecule is CC(C)c1nc(NN)cc(N(C)C2CCOCC2)n1. The van der Waals surface area contributed by atoms with Crippen LogP contribution in [-0.4, -0.2) is 36.3 Å². The Kier molecular flexibility index (Phi) is 4.55. The lowest BCUT2D eigenvalue weighted by Gasteiger charge is -2.32. The van der Waals surface area contributed by atoms with E-state index in [2.05, 4.69) is 41.2 Å². The molecule has 106 valence electrons. The van der Waals surface area contributed by atoms with Crippen molar-refractivity contribution < 1.29 is 4.74 Å². The summed E-state index contributed by atoms with van der Waals surface area (Å²) in [6.45, 7) is 5.79. The van der Waals surface area contributed by atoms with Crippen LogP contribution in [0.5, 0.6) is 0 Å². The Morgan fingerprint density at radius 1 is 1.37 bits per heavy atom. The first-order valence-electron chi connectivity index (χ1n) is 6.78. The molecular weight excluding hydrogens is 242 g/mol. The molecule has 3 N–H and O–H groups in total. The lowest BCUT2D eigenvalue weighted by Crippen LogP contribution is -2.37. The standard InChI is InChI=1S/C13H23N5O/c1-9(2)13-15-11(17-14)8-12(16-13)18(3)10-4-6-19-7-5-10/h8-10H,4-7,14H2,1-3H3,(H,15,16,17). The van der Waals surface area contributed by atoms with Gasteiger partial charge in [0.15, 0.2) is 0 Å². The fourth-order valence-electron chi connectivity index (χ4n) is 2.22. The molecular formula is C13H23N5O. The minimum Gasteiger partial charge on any atom is -0.381 e. The number of anilines is 2. The average Bonchev–Trinajstić information content (AvgIpc) is 2.46. The first kappa shape index (κ1) is 14.0. The third-order valence-electron chi connectivity index (χ3n) is 3.49. The Morgan fingerprint density at radius 3 is 2.63 bits per heavy atom. The molecule has 2 heterocycles. The molecule has 0 aromatic carbocycles. The van der Waals surface area contributed by atoms with Gasteiger partial charge in [0, 0.05) is 38.3 Å². The van der Waals surface area contributed by atoms with Crippen LogP contribution < -0.4 is 16.2 Å². The van der Waals surface area contributed by atoms with Gasteiger partial charge in [-0.3, -0.25) is 0 Å². The third kappa shape index (κ3) is 3.33. The number of ether oxygens (including phenoxy) is 1. The van der Waals surface area contributed by atoms with E-state index in [-0.39, 0.29) is 5.92 Å². The molecule has 0 unspecified atom stereocenters. The molecule has 0 saturated carbocycles. The zero-order valence-electron chi connectivity index (χ0n) is 11.9. The van der Waals surface area contributed by atoms with Gasteiger partial charge in [-0.15, -0.1) is 0 Å². The van der Waals surface area contributed by atoms with Crippen molar-refractivity contribution in [3.8, 4) is 0 Å². The van der Waals surface area contributed by atoms with Crippen molar-refractivity contribution in [3.63, 3.8) is 0 Å². The maximum Gasteiger partial charge on any atom is 0.145 e. The summed E-state index contributed by atoms with van der Waals surface area (Å²) >= 11 is 0.